The highest BCUT2D eigenvalue weighted by atomic mass is 16.5. The van der Waals surface area contributed by atoms with Gasteiger partial charge in [-0.2, -0.15) is 0 Å². The number of fused-ring (bicyclic) bond motifs is 1. The molecule has 2 aliphatic rings. The zero-order valence-electron chi connectivity index (χ0n) is 12.8. The van der Waals surface area contributed by atoms with E-state index in [-0.39, 0.29) is 0 Å². The fourth-order valence-electron chi connectivity index (χ4n) is 2.66. The zero-order valence-corrected chi connectivity index (χ0v) is 12.8. The largest absolute Gasteiger partial charge is 0.490 e. The molecule has 0 saturated heterocycles. The van der Waals surface area contributed by atoms with Crippen LogP contribution in [0.4, 0.5) is 5.69 Å². The topological polar surface area (TPSA) is 68.9 Å². The summed E-state index contributed by atoms with van der Waals surface area (Å²) in [5.74, 6) is 1.97. The Kier molecular flexibility index (Phi) is 4.83. The van der Waals surface area contributed by atoms with Gasteiger partial charge in [0.1, 0.15) is 0 Å². The van der Waals surface area contributed by atoms with Gasteiger partial charge in [-0.15, -0.1) is 0 Å². The number of benzene rings is 1. The predicted molar refractivity (Wildman–Crippen MR) is 88.7 cm³/mol. The molecule has 22 heavy (non-hydrogen) atoms. The van der Waals surface area contributed by atoms with Gasteiger partial charge in [0.25, 0.3) is 0 Å². The van der Waals surface area contributed by atoms with E-state index in [1.54, 1.807) is 0 Å². The third-order valence-electron chi connectivity index (χ3n) is 3.86. The van der Waals surface area contributed by atoms with E-state index in [4.69, 9.17) is 15.2 Å². The van der Waals surface area contributed by atoms with Crippen LogP contribution in [0, 0.1) is 0 Å². The summed E-state index contributed by atoms with van der Waals surface area (Å²) in [7, 11) is 0. The lowest BCUT2D eigenvalue weighted by atomic mass is 10.00. The summed E-state index contributed by atoms with van der Waals surface area (Å²) in [5.41, 5.74) is 8.22. The second kappa shape index (κ2) is 7.20. The Bertz CT molecular complexity index is 581. The van der Waals surface area contributed by atoms with E-state index >= 15 is 0 Å². The van der Waals surface area contributed by atoms with Gasteiger partial charge in [0, 0.05) is 18.2 Å². The summed E-state index contributed by atoms with van der Waals surface area (Å²) in [5, 5.41) is 3.12. The minimum Gasteiger partial charge on any atom is -0.490 e. The Morgan fingerprint density at radius 3 is 2.82 bits per heavy atom. The van der Waals surface area contributed by atoms with E-state index in [0.717, 1.165) is 30.0 Å². The van der Waals surface area contributed by atoms with Gasteiger partial charge < -0.3 is 20.5 Å². The predicted octanol–water partition coefficient (Wildman–Crippen LogP) is 3.07. The first-order valence-electron chi connectivity index (χ1n) is 7.96. The molecule has 0 amide bonds. The van der Waals surface area contributed by atoms with Crippen LogP contribution in [0.15, 0.2) is 34.8 Å². The van der Waals surface area contributed by atoms with Crippen LogP contribution in [0.5, 0.6) is 11.5 Å². The van der Waals surface area contributed by atoms with Crippen molar-refractivity contribution in [3.8, 4) is 11.5 Å². The van der Waals surface area contributed by atoms with Crippen molar-refractivity contribution in [2.45, 2.75) is 32.1 Å². The maximum Gasteiger partial charge on any atom is 0.193 e. The molecular formula is C17H23N3O2. The molecular weight excluding hydrogens is 278 g/mol. The normalized spacial score (nSPS) is 18.4. The number of hydrogen-bond donors (Lipinski definition) is 2. The highest BCUT2D eigenvalue weighted by Gasteiger charge is 2.11. The van der Waals surface area contributed by atoms with Gasteiger partial charge in [-0.1, -0.05) is 11.6 Å². The summed E-state index contributed by atoms with van der Waals surface area (Å²) in [6.07, 6.45) is 8.04. The lowest BCUT2D eigenvalue weighted by Crippen LogP contribution is -2.23. The van der Waals surface area contributed by atoms with Gasteiger partial charge in [-0.25, -0.2) is 4.99 Å². The van der Waals surface area contributed by atoms with Gasteiger partial charge in [0.15, 0.2) is 17.5 Å². The van der Waals surface area contributed by atoms with Crippen LogP contribution in [0.3, 0.4) is 0 Å². The van der Waals surface area contributed by atoms with Gasteiger partial charge in [-0.05, 0) is 37.8 Å². The molecule has 1 aliphatic carbocycles. The fourth-order valence-corrected chi connectivity index (χ4v) is 2.66. The molecule has 1 heterocycles. The number of anilines is 1. The number of nitrogens with two attached hydrogens (primary N) is 1. The number of nitrogens with zero attached hydrogens (tertiary/aromatic N) is 1. The number of nitrogens with one attached hydrogen (secondary N) is 1. The molecule has 3 rings (SSSR count). The Labute approximate surface area is 131 Å². The van der Waals surface area contributed by atoms with Crippen molar-refractivity contribution in [3.63, 3.8) is 0 Å². The van der Waals surface area contributed by atoms with E-state index in [0.29, 0.717) is 25.7 Å². The van der Waals surface area contributed by atoms with Crippen LogP contribution in [-0.2, 0) is 0 Å². The van der Waals surface area contributed by atoms with E-state index < -0.39 is 0 Å². The van der Waals surface area contributed by atoms with Crippen molar-refractivity contribution in [1.82, 2.24) is 0 Å². The standard InChI is InChI=1S/C17H23N3O2/c18-17(19-12-13-5-2-1-3-6-13)20-14-7-8-15-16(11-14)22-10-4-9-21-15/h5,7-8,11H,1-4,6,9-10,12H2,(H3,18,19,20). The summed E-state index contributed by atoms with van der Waals surface area (Å²) in [6, 6.07) is 5.73. The third kappa shape index (κ3) is 3.93. The minimum absolute atomic E-state index is 0.431. The lowest BCUT2D eigenvalue weighted by Gasteiger charge is -2.12. The van der Waals surface area contributed by atoms with Crippen molar-refractivity contribution in [1.29, 1.82) is 0 Å². The second-order valence-electron chi connectivity index (χ2n) is 5.65. The van der Waals surface area contributed by atoms with Crippen LogP contribution in [0.2, 0.25) is 0 Å². The molecule has 0 saturated carbocycles. The van der Waals surface area contributed by atoms with Crippen molar-refractivity contribution in [2.24, 2.45) is 10.7 Å². The average Bonchev–Trinajstić information content (AvgIpc) is 2.79. The highest BCUT2D eigenvalue weighted by Crippen LogP contribution is 2.32. The van der Waals surface area contributed by atoms with Crippen molar-refractivity contribution < 1.29 is 9.47 Å². The number of allylic oxidation sites excluding steroid dienone is 1. The van der Waals surface area contributed by atoms with Crippen molar-refractivity contribution in [3.05, 3.63) is 29.8 Å². The first-order valence-corrected chi connectivity index (χ1v) is 7.96. The first kappa shape index (κ1) is 14.8. The number of aliphatic imine (C=N–C) groups is 1. The van der Waals surface area contributed by atoms with E-state index in [2.05, 4.69) is 16.4 Å². The maximum atomic E-state index is 5.97. The Hall–Kier alpha value is -2.17. The minimum atomic E-state index is 0.431. The van der Waals surface area contributed by atoms with Crippen LogP contribution < -0.4 is 20.5 Å². The summed E-state index contributed by atoms with van der Waals surface area (Å²) < 4.78 is 11.3. The van der Waals surface area contributed by atoms with Gasteiger partial charge in [0.05, 0.1) is 19.8 Å². The number of hydrogen-bond acceptors (Lipinski definition) is 3. The smallest absolute Gasteiger partial charge is 0.193 e. The SMILES string of the molecule is NC(=NCC1=CCCCC1)Nc1ccc2c(c1)OCCCO2. The average molecular weight is 301 g/mol. The molecule has 0 unspecified atom stereocenters. The molecule has 1 aromatic carbocycles. The Morgan fingerprint density at radius 2 is 2.00 bits per heavy atom. The van der Waals surface area contributed by atoms with E-state index in [1.165, 1.54) is 24.8 Å². The number of guanidine groups is 1. The molecule has 0 radical (unpaired) electrons. The van der Waals surface area contributed by atoms with Crippen LogP contribution in [0.1, 0.15) is 32.1 Å². The Balaban J connectivity index is 1.62. The van der Waals surface area contributed by atoms with Crippen LogP contribution in [-0.4, -0.2) is 25.7 Å². The van der Waals surface area contributed by atoms with Gasteiger partial charge in [0.2, 0.25) is 0 Å². The first-order chi connectivity index (χ1) is 10.8. The third-order valence-corrected chi connectivity index (χ3v) is 3.86. The molecule has 118 valence electrons. The van der Waals surface area contributed by atoms with Crippen LogP contribution in [0.25, 0.3) is 0 Å². The molecule has 1 aromatic rings. The zero-order chi connectivity index (χ0) is 15.2. The maximum absolute atomic E-state index is 5.97. The van der Waals surface area contributed by atoms with Crippen molar-refractivity contribution in [2.75, 3.05) is 25.1 Å². The molecule has 0 bridgehead atoms. The van der Waals surface area contributed by atoms with Crippen LogP contribution >= 0.6 is 0 Å². The molecule has 1 aliphatic heterocycles. The molecule has 3 N–H and O–H groups in total. The molecule has 0 fully saturated rings. The van der Waals surface area contributed by atoms with Crippen molar-refractivity contribution >= 4 is 11.6 Å². The Morgan fingerprint density at radius 1 is 1.14 bits per heavy atom. The molecule has 0 atom stereocenters. The monoisotopic (exact) mass is 301 g/mol. The molecule has 0 aromatic heterocycles. The quantitative estimate of drug-likeness (QED) is 0.511. The lowest BCUT2D eigenvalue weighted by molar-refractivity contribution is 0.297. The molecule has 0 spiro atoms. The summed E-state index contributed by atoms with van der Waals surface area (Å²) >= 11 is 0. The van der Waals surface area contributed by atoms with E-state index in [1.807, 2.05) is 18.2 Å². The number of rotatable bonds is 3. The number of ether oxygens (including phenoxy) is 2. The fraction of sp³-hybridized carbons (Fsp3) is 0.471. The molecule has 5 nitrogen and oxygen atoms in total. The highest BCUT2D eigenvalue weighted by molar-refractivity contribution is 5.92. The second-order valence-corrected chi connectivity index (χ2v) is 5.65. The summed E-state index contributed by atoms with van der Waals surface area (Å²) in [4.78, 5) is 4.42. The molecule has 5 heteroatoms. The summed E-state index contributed by atoms with van der Waals surface area (Å²) in [6.45, 7) is 2.05. The van der Waals surface area contributed by atoms with Gasteiger partial charge in [-0.3, -0.25) is 0 Å². The van der Waals surface area contributed by atoms with E-state index in [9.17, 15) is 0 Å². The van der Waals surface area contributed by atoms with Gasteiger partial charge >= 0.3 is 0 Å².